The molecule has 6 nitrogen and oxygen atoms in total. The number of hydrogen-bond donors (Lipinski definition) is 2. The molecule has 7 heteroatoms. The number of aryl methyl sites for hydroxylation is 1. The summed E-state index contributed by atoms with van der Waals surface area (Å²) in [6, 6.07) is 8.03. The number of hydrogen-bond acceptors (Lipinski definition) is 3. The Hall–Kier alpha value is -1.51. The van der Waals surface area contributed by atoms with Gasteiger partial charge in [-0.3, -0.25) is 9.79 Å². The van der Waals surface area contributed by atoms with Crippen LogP contribution in [0, 0.1) is 12.3 Å². The summed E-state index contributed by atoms with van der Waals surface area (Å²) in [6.45, 7) is 6.60. The lowest BCUT2D eigenvalue weighted by molar-refractivity contribution is -0.138. The summed E-state index contributed by atoms with van der Waals surface area (Å²) in [5, 5.41) is 6.56. The minimum Gasteiger partial charge on any atom is -0.492 e. The van der Waals surface area contributed by atoms with E-state index in [1.807, 2.05) is 45.3 Å². The quantitative estimate of drug-likeness (QED) is 0.248. The van der Waals surface area contributed by atoms with Crippen LogP contribution in [0.5, 0.6) is 5.75 Å². The van der Waals surface area contributed by atoms with Gasteiger partial charge in [-0.15, -0.1) is 24.0 Å². The van der Waals surface area contributed by atoms with Crippen LogP contribution in [0.15, 0.2) is 29.3 Å². The molecule has 1 fully saturated rings. The lowest BCUT2D eigenvalue weighted by atomic mass is 9.85. The summed E-state index contributed by atoms with van der Waals surface area (Å²) in [5.74, 6) is 1.80. The number of aliphatic imine (C=N–C) groups is 1. The van der Waals surface area contributed by atoms with E-state index < -0.39 is 0 Å². The first-order valence-corrected chi connectivity index (χ1v) is 9.90. The van der Waals surface area contributed by atoms with Gasteiger partial charge < -0.3 is 20.3 Å². The Morgan fingerprint density at radius 1 is 1.18 bits per heavy atom. The smallest absolute Gasteiger partial charge is 0.230 e. The summed E-state index contributed by atoms with van der Waals surface area (Å²) in [5.41, 5.74) is 0.875. The second kappa shape index (κ2) is 12.1. The highest BCUT2D eigenvalue weighted by Crippen LogP contribution is 2.39. The van der Waals surface area contributed by atoms with Gasteiger partial charge in [-0.1, -0.05) is 30.5 Å². The van der Waals surface area contributed by atoms with Crippen molar-refractivity contribution in [2.24, 2.45) is 10.4 Å². The van der Waals surface area contributed by atoms with Crippen LogP contribution in [-0.2, 0) is 4.79 Å². The van der Waals surface area contributed by atoms with E-state index >= 15 is 0 Å². The highest BCUT2D eigenvalue weighted by atomic mass is 127. The maximum atomic E-state index is 12.7. The monoisotopic (exact) mass is 502 g/mol. The fourth-order valence-corrected chi connectivity index (χ4v) is 3.51. The third kappa shape index (κ3) is 7.14. The molecular weight excluding hydrogens is 467 g/mol. The van der Waals surface area contributed by atoms with E-state index in [1.165, 1.54) is 5.56 Å². The zero-order valence-corrected chi connectivity index (χ0v) is 19.9. The van der Waals surface area contributed by atoms with Gasteiger partial charge in [0.05, 0.1) is 18.5 Å². The minimum atomic E-state index is -0.343. The Labute approximate surface area is 186 Å². The van der Waals surface area contributed by atoms with E-state index in [4.69, 9.17) is 9.73 Å². The van der Waals surface area contributed by atoms with Crippen molar-refractivity contribution in [1.82, 2.24) is 15.5 Å². The van der Waals surface area contributed by atoms with Crippen LogP contribution < -0.4 is 15.4 Å². The molecule has 0 heterocycles. The van der Waals surface area contributed by atoms with E-state index in [0.29, 0.717) is 19.7 Å². The maximum Gasteiger partial charge on any atom is 0.230 e. The van der Waals surface area contributed by atoms with Crippen molar-refractivity contribution in [1.29, 1.82) is 0 Å². The molecular formula is C21H35IN4O2. The van der Waals surface area contributed by atoms with Gasteiger partial charge in [0.15, 0.2) is 5.96 Å². The second-order valence-electron chi connectivity index (χ2n) is 7.47. The first-order chi connectivity index (χ1) is 13.0. The molecule has 28 heavy (non-hydrogen) atoms. The van der Waals surface area contributed by atoms with E-state index in [1.54, 1.807) is 4.90 Å². The van der Waals surface area contributed by atoms with Gasteiger partial charge in [0.1, 0.15) is 12.4 Å². The highest BCUT2D eigenvalue weighted by Gasteiger charge is 2.41. The molecule has 1 amide bonds. The average Bonchev–Trinajstić information content (AvgIpc) is 3.14. The largest absolute Gasteiger partial charge is 0.492 e. The molecule has 0 saturated heterocycles. The Morgan fingerprint density at radius 3 is 2.39 bits per heavy atom. The van der Waals surface area contributed by atoms with Crippen LogP contribution >= 0.6 is 24.0 Å². The van der Waals surface area contributed by atoms with Crippen molar-refractivity contribution in [3.05, 3.63) is 29.8 Å². The third-order valence-electron chi connectivity index (χ3n) is 4.99. The number of rotatable bonds is 8. The highest BCUT2D eigenvalue weighted by molar-refractivity contribution is 14.0. The minimum absolute atomic E-state index is 0. The van der Waals surface area contributed by atoms with Gasteiger partial charge in [-0.25, -0.2) is 0 Å². The summed E-state index contributed by atoms with van der Waals surface area (Å²) in [6.07, 6.45) is 4.04. The number of benzene rings is 1. The van der Waals surface area contributed by atoms with Crippen molar-refractivity contribution < 1.29 is 9.53 Å². The topological polar surface area (TPSA) is 66.0 Å². The molecule has 1 aliphatic rings. The Kier molecular flexibility index (Phi) is 10.6. The number of ether oxygens (including phenoxy) is 1. The first kappa shape index (κ1) is 24.5. The normalized spacial score (nSPS) is 15.5. The lowest BCUT2D eigenvalue weighted by Crippen LogP contribution is -2.43. The summed E-state index contributed by atoms with van der Waals surface area (Å²) >= 11 is 0. The van der Waals surface area contributed by atoms with Crippen LogP contribution in [-0.4, -0.2) is 57.1 Å². The predicted octanol–water partition coefficient (Wildman–Crippen LogP) is 3.20. The number of carbonyl (C=O) groups is 1. The van der Waals surface area contributed by atoms with E-state index in [9.17, 15) is 4.79 Å². The van der Waals surface area contributed by atoms with Gasteiger partial charge in [-0.05, 0) is 38.8 Å². The molecule has 0 bridgehead atoms. The van der Waals surface area contributed by atoms with Gasteiger partial charge in [0, 0.05) is 20.6 Å². The summed E-state index contributed by atoms with van der Waals surface area (Å²) < 4.78 is 5.75. The fraction of sp³-hybridized carbons (Fsp3) is 0.619. The number of amides is 1. The van der Waals surface area contributed by atoms with E-state index in [-0.39, 0.29) is 35.3 Å². The molecule has 0 aromatic heterocycles. The second-order valence-corrected chi connectivity index (χ2v) is 7.47. The van der Waals surface area contributed by atoms with Gasteiger partial charge >= 0.3 is 0 Å². The SMILES string of the molecule is CCNC(=NCC1(C(=O)N(C)C)CCCC1)NCCOc1ccc(C)cc1.I. The van der Waals surface area contributed by atoms with Crippen LogP contribution in [0.25, 0.3) is 0 Å². The van der Waals surface area contributed by atoms with Crippen molar-refractivity contribution in [2.45, 2.75) is 39.5 Å². The Morgan fingerprint density at radius 2 is 1.82 bits per heavy atom. The molecule has 158 valence electrons. The molecule has 2 rings (SSSR count). The number of halogens is 1. The zero-order valence-electron chi connectivity index (χ0n) is 17.6. The summed E-state index contributed by atoms with van der Waals surface area (Å²) in [4.78, 5) is 19.1. The molecule has 1 saturated carbocycles. The number of carbonyl (C=O) groups excluding carboxylic acids is 1. The van der Waals surface area contributed by atoms with E-state index in [0.717, 1.165) is 43.9 Å². The maximum absolute atomic E-state index is 12.7. The Bertz CT molecular complexity index is 626. The summed E-state index contributed by atoms with van der Waals surface area (Å²) in [7, 11) is 3.66. The average molecular weight is 502 g/mol. The fourth-order valence-electron chi connectivity index (χ4n) is 3.51. The van der Waals surface area contributed by atoms with Crippen LogP contribution in [0.2, 0.25) is 0 Å². The molecule has 1 aromatic carbocycles. The van der Waals surface area contributed by atoms with Gasteiger partial charge in [0.25, 0.3) is 0 Å². The number of nitrogens with zero attached hydrogens (tertiary/aromatic N) is 2. The van der Waals surface area contributed by atoms with Crippen molar-refractivity contribution in [3.63, 3.8) is 0 Å². The molecule has 0 spiro atoms. The molecule has 2 N–H and O–H groups in total. The van der Waals surface area contributed by atoms with Crippen molar-refractivity contribution >= 4 is 35.8 Å². The number of nitrogens with one attached hydrogen (secondary N) is 2. The predicted molar refractivity (Wildman–Crippen MR) is 126 cm³/mol. The van der Waals surface area contributed by atoms with Crippen LogP contribution in [0.1, 0.15) is 38.2 Å². The molecule has 0 radical (unpaired) electrons. The van der Waals surface area contributed by atoms with Crippen LogP contribution in [0.3, 0.4) is 0 Å². The number of guanidine groups is 1. The first-order valence-electron chi connectivity index (χ1n) is 9.90. The molecule has 0 aliphatic heterocycles. The standard InChI is InChI=1S/C21H34N4O2.HI/c1-5-22-20(23-14-15-27-18-10-8-17(2)9-11-18)24-16-21(12-6-7-13-21)19(26)25(3)4;/h8-11H,5-7,12-16H2,1-4H3,(H2,22,23,24);1H. The molecule has 0 atom stereocenters. The Balaban J connectivity index is 0.00000392. The van der Waals surface area contributed by atoms with Crippen molar-refractivity contribution in [3.8, 4) is 5.75 Å². The third-order valence-corrected chi connectivity index (χ3v) is 4.99. The van der Waals surface area contributed by atoms with Crippen molar-refractivity contribution in [2.75, 3.05) is 40.3 Å². The molecule has 0 unspecified atom stereocenters. The molecule has 1 aromatic rings. The van der Waals surface area contributed by atoms with E-state index in [2.05, 4.69) is 17.6 Å². The van der Waals surface area contributed by atoms with Gasteiger partial charge in [-0.2, -0.15) is 0 Å². The zero-order chi connectivity index (χ0) is 19.7. The molecule has 1 aliphatic carbocycles. The van der Waals surface area contributed by atoms with Crippen LogP contribution in [0.4, 0.5) is 0 Å². The lowest BCUT2D eigenvalue weighted by Gasteiger charge is -2.29. The van der Waals surface area contributed by atoms with Gasteiger partial charge in [0.2, 0.25) is 5.91 Å².